The lowest BCUT2D eigenvalue weighted by molar-refractivity contribution is -0.139. The van der Waals surface area contributed by atoms with Crippen molar-refractivity contribution in [3.8, 4) is 22.3 Å². The average Bonchev–Trinajstić information content (AvgIpc) is 3.35. The molecule has 4 N–H and O–H groups in total. The Labute approximate surface area is 262 Å². The van der Waals surface area contributed by atoms with E-state index in [-0.39, 0.29) is 37.1 Å². The van der Waals surface area contributed by atoms with Crippen LogP contribution in [0.5, 0.6) is 0 Å². The van der Waals surface area contributed by atoms with Crippen LogP contribution in [0.2, 0.25) is 0 Å². The van der Waals surface area contributed by atoms with Crippen molar-refractivity contribution in [3.63, 3.8) is 0 Å². The molecule has 3 aromatic carbocycles. The Morgan fingerprint density at radius 1 is 0.867 bits per heavy atom. The number of halogens is 1. The number of aliphatic hydroxyl groups excluding tert-OH is 2. The molecule has 0 aliphatic heterocycles. The Hall–Kier alpha value is -4.60. The highest BCUT2D eigenvalue weighted by atomic mass is 19.1. The molecule has 0 saturated carbocycles. The van der Waals surface area contributed by atoms with Crippen LogP contribution >= 0.6 is 0 Å². The van der Waals surface area contributed by atoms with E-state index in [4.69, 9.17) is 5.11 Å². The van der Waals surface area contributed by atoms with Crippen LogP contribution < -0.4 is 5.32 Å². The second kappa shape index (κ2) is 14.9. The number of aromatic nitrogens is 1. The number of carboxylic acids is 1. The van der Waals surface area contributed by atoms with Gasteiger partial charge in [0.05, 0.1) is 18.6 Å². The molecular formula is C36H39FN2O6. The number of carbonyl (C=O) groups excluding carboxylic acids is 2. The second-order valence-corrected chi connectivity index (χ2v) is 11.5. The van der Waals surface area contributed by atoms with E-state index >= 15 is 0 Å². The van der Waals surface area contributed by atoms with Crippen LogP contribution in [0.3, 0.4) is 0 Å². The number of Topliss-reactive ketones (excluding diaryl/α,β-unsaturated/α-hetero) is 1. The fraction of sp³-hybridized carbons (Fsp3) is 0.306. The molecule has 8 nitrogen and oxygen atoms in total. The summed E-state index contributed by atoms with van der Waals surface area (Å²) in [5.74, 6) is -1.98. The monoisotopic (exact) mass is 614 g/mol. The number of carbonyl (C=O) groups is 3. The number of aliphatic carboxylic acids is 1. The van der Waals surface area contributed by atoms with E-state index in [1.165, 1.54) is 19.1 Å². The fourth-order valence-electron chi connectivity index (χ4n) is 5.68. The molecule has 4 rings (SSSR count). The first-order chi connectivity index (χ1) is 21.5. The van der Waals surface area contributed by atoms with Crippen molar-refractivity contribution >= 4 is 17.7 Å². The molecule has 0 spiro atoms. The highest BCUT2D eigenvalue weighted by molar-refractivity contribution is 6.05. The van der Waals surface area contributed by atoms with E-state index in [9.17, 15) is 29.0 Å². The fourth-order valence-corrected chi connectivity index (χ4v) is 5.68. The number of hydrogen-bond donors (Lipinski definition) is 4. The molecule has 0 fully saturated rings. The van der Waals surface area contributed by atoms with Crippen molar-refractivity contribution in [2.75, 3.05) is 0 Å². The van der Waals surface area contributed by atoms with Gasteiger partial charge in [-0.1, -0.05) is 60.7 Å². The van der Waals surface area contributed by atoms with E-state index in [0.29, 0.717) is 28.8 Å². The molecule has 1 amide bonds. The summed E-state index contributed by atoms with van der Waals surface area (Å²) in [6.07, 6.45) is -2.30. The summed E-state index contributed by atoms with van der Waals surface area (Å²) in [5, 5.41) is 32.9. The minimum absolute atomic E-state index is 0.0746. The maximum absolute atomic E-state index is 14.2. The Bertz CT molecular complexity index is 1650. The van der Waals surface area contributed by atoms with Crippen LogP contribution in [0.15, 0.2) is 78.9 Å². The summed E-state index contributed by atoms with van der Waals surface area (Å²) in [7, 11) is 0. The first-order valence-corrected chi connectivity index (χ1v) is 15.0. The summed E-state index contributed by atoms with van der Waals surface area (Å²) in [6, 6.07) is 22.4. The van der Waals surface area contributed by atoms with Crippen LogP contribution in [-0.2, 0) is 17.8 Å². The number of nitrogens with zero attached hydrogens (tertiary/aromatic N) is 1. The molecule has 45 heavy (non-hydrogen) atoms. The number of benzene rings is 3. The van der Waals surface area contributed by atoms with Gasteiger partial charge in [0.1, 0.15) is 11.5 Å². The minimum atomic E-state index is -1.20. The third-order valence-electron chi connectivity index (χ3n) is 7.69. The summed E-state index contributed by atoms with van der Waals surface area (Å²) >= 11 is 0. The van der Waals surface area contributed by atoms with Gasteiger partial charge in [-0.15, -0.1) is 0 Å². The number of carboxylic acid groups (broad SMARTS) is 1. The average molecular weight is 615 g/mol. The zero-order chi connectivity index (χ0) is 32.7. The Morgan fingerprint density at radius 3 is 2.16 bits per heavy atom. The highest BCUT2D eigenvalue weighted by Gasteiger charge is 2.30. The van der Waals surface area contributed by atoms with E-state index in [1.807, 2.05) is 54.8 Å². The predicted molar refractivity (Wildman–Crippen MR) is 170 cm³/mol. The molecule has 9 heteroatoms. The van der Waals surface area contributed by atoms with Crippen molar-refractivity contribution in [3.05, 3.63) is 107 Å². The van der Waals surface area contributed by atoms with Crippen LogP contribution in [0.4, 0.5) is 4.39 Å². The van der Waals surface area contributed by atoms with Crippen molar-refractivity contribution in [1.29, 1.82) is 0 Å². The maximum atomic E-state index is 14.2. The van der Waals surface area contributed by atoms with Crippen molar-refractivity contribution < 1.29 is 34.1 Å². The van der Waals surface area contributed by atoms with Gasteiger partial charge in [0.15, 0.2) is 5.78 Å². The summed E-state index contributed by atoms with van der Waals surface area (Å²) in [5.41, 5.74) is 5.29. The molecule has 2 atom stereocenters. The standard InChI is InChI=1S/C36H39FN2O6/c1-22(2)39-31(17-16-29(41)19-30(42)20-32(43)44)33(26-12-14-28(37)15-13-26)34(25-9-5-4-6-10-25)35(39)36(45)38-21-24-8-7-11-27(18-24)23(3)40/h4-15,18,22,29-30,41-42H,16-17,19-21H2,1-3H3,(H,38,45)(H,43,44). The van der Waals surface area contributed by atoms with Crippen molar-refractivity contribution in [2.45, 2.75) is 71.2 Å². The van der Waals surface area contributed by atoms with Gasteiger partial charge in [-0.05, 0) is 74.9 Å². The summed E-state index contributed by atoms with van der Waals surface area (Å²) in [4.78, 5) is 37.1. The second-order valence-electron chi connectivity index (χ2n) is 11.5. The largest absolute Gasteiger partial charge is 0.481 e. The lowest BCUT2D eigenvalue weighted by Gasteiger charge is -2.20. The zero-order valence-electron chi connectivity index (χ0n) is 25.7. The molecule has 0 radical (unpaired) electrons. The minimum Gasteiger partial charge on any atom is -0.481 e. The number of aliphatic hydroxyl groups is 2. The van der Waals surface area contributed by atoms with E-state index in [0.717, 1.165) is 22.4 Å². The van der Waals surface area contributed by atoms with Gasteiger partial charge in [0, 0.05) is 35.0 Å². The molecule has 0 aliphatic carbocycles. The van der Waals surface area contributed by atoms with Gasteiger partial charge >= 0.3 is 5.97 Å². The van der Waals surface area contributed by atoms with E-state index in [1.54, 1.807) is 30.3 Å². The van der Waals surface area contributed by atoms with Gasteiger partial charge in [0.25, 0.3) is 5.91 Å². The van der Waals surface area contributed by atoms with Gasteiger partial charge in [-0.3, -0.25) is 14.4 Å². The summed E-state index contributed by atoms with van der Waals surface area (Å²) in [6.45, 7) is 5.57. The number of amides is 1. The smallest absolute Gasteiger partial charge is 0.305 e. The van der Waals surface area contributed by atoms with Crippen LogP contribution in [0, 0.1) is 5.82 Å². The molecule has 4 aromatic rings. The predicted octanol–water partition coefficient (Wildman–Crippen LogP) is 6.19. The molecule has 236 valence electrons. The molecule has 2 unspecified atom stereocenters. The highest BCUT2D eigenvalue weighted by Crippen LogP contribution is 2.42. The molecule has 1 heterocycles. The molecule has 0 aliphatic rings. The first kappa shape index (κ1) is 33.3. The summed E-state index contributed by atoms with van der Waals surface area (Å²) < 4.78 is 16.0. The third-order valence-corrected chi connectivity index (χ3v) is 7.69. The lowest BCUT2D eigenvalue weighted by atomic mass is 9.92. The lowest BCUT2D eigenvalue weighted by Crippen LogP contribution is -2.27. The van der Waals surface area contributed by atoms with Gasteiger partial charge in [-0.2, -0.15) is 0 Å². The molecule has 0 saturated heterocycles. The van der Waals surface area contributed by atoms with Crippen LogP contribution in [0.25, 0.3) is 22.3 Å². The maximum Gasteiger partial charge on any atom is 0.305 e. The van der Waals surface area contributed by atoms with Gasteiger partial charge in [0.2, 0.25) is 0 Å². The number of rotatable bonds is 14. The van der Waals surface area contributed by atoms with Gasteiger partial charge < -0.3 is 25.2 Å². The topological polar surface area (TPSA) is 129 Å². The third kappa shape index (κ3) is 8.32. The van der Waals surface area contributed by atoms with E-state index in [2.05, 4.69) is 5.32 Å². The molecule has 1 aromatic heterocycles. The quantitative estimate of drug-likeness (QED) is 0.125. The Kier molecular flexibility index (Phi) is 11.0. The Morgan fingerprint density at radius 2 is 1.53 bits per heavy atom. The normalized spacial score (nSPS) is 12.6. The molecular weight excluding hydrogens is 575 g/mol. The number of hydrogen-bond acceptors (Lipinski definition) is 5. The van der Waals surface area contributed by atoms with Crippen LogP contribution in [-0.4, -0.2) is 49.8 Å². The van der Waals surface area contributed by atoms with Crippen molar-refractivity contribution in [2.24, 2.45) is 0 Å². The van der Waals surface area contributed by atoms with Gasteiger partial charge in [-0.25, -0.2) is 4.39 Å². The SMILES string of the molecule is CC(=O)c1cccc(CNC(=O)c2c(-c3ccccc3)c(-c3ccc(F)cc3)c(CCC(O)CC(O)CC(=O)O)n2C(C)C)c1. The van der Waals surface area contributed by atoms with Crippen LogP contribution in [0.1, 0.15) is 78.2 Å². The van der Waals surface area contributed by atoms with Crippen molar-refractivity contribution in [1.82, 2.24) is 9.88 Å². The number of ketones is 1. The van der Waals surface area contributed by atoms with E-state index < -0.39 is 30.4 Å². The molecule has 0 bridgehead atoms. The first-order valence-electron chi connectivity index (χ1n) is 15.0. The Balaban J connectivity index is 1.84. The zero-order valence-corrected chi connectivity index (χ0v) is 25.7. The number of nitrogens with one attached hydrogen (secondary N) is 1.